The van der Waals surface area contributed by atoms with E-state index in [2.05, 4.69) is 31.0 Å². The summed E-state index contributed by atoms with van der Waals surface area (Å²) in [7, 11) is 0. The molecule has 3 N–H and O–H groups in total. The fraction of sp³-hybridized carbons (Fsp3) is 0.750. The summed E-state index contributed by atoms with van der Waals surface area (Å²) in [6, 6.07) is 0. The number of carbonyl (C=O) groups is 1. The summed E-state index contributed by atoms with van der Waals surface area (Å²) < 4.78 is 5.68. The number of allylic oxidation sites excluding steroid dienone is 3. The Bertz CT molecular complexity index is 1030. The number of aliphatic hydroxyl groups excluding tert-OH is 2. The Kier molecular flexibility index (Phi) is 9.47. The van der Waals surface area contributed by atoms with Crippen molar-refractivity contribution in [3.63, 3.8) is 0 Å². The Labute approximate surface area is 238 Å². The van der Waals surface area contributed by atoms with Gasteiger partial charge in [0.25, 0.3) is 5.79 Å². The van der Waals surface area contributed by atoms with Crippen LogP contribution in [0.15, 0.2) is 34.9 Å². The molecule has 0 saturated heterocycles. The number of rotatable bonds is 8. The van der Waals surface area contributed by atoms with Crippen LogP contribution in [0.5, 0.6) is 0 Å². The molecule has 0 amide bonds. The van der Waals surface area contributed by atoms with Gasteiger partial charge < -0.3 is 20.1 Å². The molecule has 4 rings (SSSR count). The van der Waals surface area contributed by atoms with E-state index in [0.29, 0.717) is 48.4 Å². The van der Waals surface area contributed by atoms with E-state index in [-0.39, 0.29) is 5.41 Å². The first-order chi connectivity index (χ1) is 18.3. The molecule has 0 spiro atoms. The standard InChI is InChI=1S/C32H49NO5S/c1-21(8-6-15-32(37,28-33-16-17-39-28)38-29(36)30(2,3)4)26-12-13-27-23(9-7-14-31(26,27)5)11-10-22-18-24(34)20-25(35)19-22/h10-11,16-17,21,24-27,34-35,37H,6-9,12-15,18-20H2,1-5H3/b23-11+/t21-,24-,25-,26-,27+,31-,32-/m1/s1. The molecule has 0 unspecified atom stereocenters. The number of hydrogen-bond acceptors (Lipinski definition) is 7. The highest BCUT2D eigenvalue weighted by Gasteiger charge is 2.50. The Morgan fingerprint density at radius 2 is 1.95 bits per heavy atom. The third-order valence-electron chi connectivity index (χ3n) is 9.61. The summed E-state index contributed by atoms with van der Waals surface area (Å²) in [6.07, 6.45) is 15.1. The molecule has 0 aromatic carbocycles. The lowest BCUT2D eigenvalue weighted by atomic mass is 9.60. The Morgan fingerprint density at radius 1 is 1.23 bits per heavy atom. The minimum atomic E-state index is -1.69. The lowest BCUT2D eigenvalue weighted by molar-refractivity contribution is -0.226. The smallest absolute Gasteiger partial charge is 0.314 e. The van der Waals surface area contributed by atoms with E-state index in [0.717, 1.165) is 24.8 Å². The van der Waals surface area contributed by atoms with Crippen LogP contribution in [0.2, 0.25) is 0 Å². The zero-order valence-corrected chi connectivity index (χ0v) is 25.3. The van der Waals surface area contributed by atoms with Gasteiger partial charge in [-0.15, -0.1) is 11.3 Å². The van der Waals surface area contributed by atoms with Crippen LogP contribution in [0.25, 0.3) is 0 Å². The van der Waals surface area contributed by atoms with Crippen LogP contribution in [0, 0.1) is 28.6 Å². The van der Waals surface area contributed by atoms with Gasteiger partial charge >= 0.3 is 5.97 Å². The van der Waals surface area contributed by atoms with Crippen molar-refractivity contribution in [3.8, 4) is 0 Å². The van der Waals surface area contributed by atoms with E-state index in [1.807, 2.05) is 0 Å². The first kappa shape index (κ1) is 30.4. The topological polar surface area (TPSA) is 99.9 Å². The van der Waals surface area contributed by atoms with Crippen LogP contribution in [0.4, 0.5) is 0 Å². The third kappa shape index (κ3) is 7.03. The van der Waals surface area contributed by atoms with Crippen molar-refractivity contribution in [2.45, 2.75) is 123 Å². The molecule has 1 aromatic rings. The number of fused-ring (bicyclic) bond motifs is 1. The maximum atomic E-state index is 12.7. The van der Waals surface area contributed by atoms with E-state index < -0.39 is 29.4 Å². The van der Waals surface area contributed by atoms with Gasteiger partial charge in [-0.05, 0) is 102 Å². The van der Waals surface area contributed by atoms with Crippen molar-refractivity contribution >= 4 is 17.3 Å². The highest BCUT2D eigenvalue weighted by molar-refractivity contribution is 7.09. The van der Waals surface area contributed by atoms with Crippen molar-refractivity contribution in [3.05, 3.63) is 39.9 Å². The molecule has 0 aliphatic heterocycles. The first-order valence-electron chi connectivity index (χ1n) is 14.9. The second kappa shape index (κ2) is 12.1. The quantitative estimate of drug-likeness (QED) is 0.243. The molecule has 39 heavy (non-hydrogen) atoms. The predicted octanol–water partition coefficient (Wildman–Crippen LogP) is 6.66. The van der Waals surface area contributed by atoms with E-state index in [4.69, 9.17) is 4.74 Å². The largest absolute Gasteiger partial charge is 0.426 e. The summed E-state index contributed by atoms with van der Waals surface area (Å²) in [5, 5.41) is 33.8. The number of nitrogens with zero attached hydrogens (tertiary/aromatic N) is 1. The van der Waals surface area contributed by atoms with Gasteiger partial charge in [0.15, 0.2) is 5.01 Å². The minimum absolute atomic E-state index is 0.262. The molecule has 218 valence electrons. The van der Waals surface area contributed by atoms with E-state index in [1.165, 1.54) is 42.6 Å². The van der Waals surface area contributed by atoms with Crippen molar-refractivity contribution < 1.29 is 24.9 Å². The molecule has 7 atom stereocenters. The number of aliphatic hydroxyl groups is 3. The average molecular weight is 560 g/mol. The Morgan fingerprint density at radius 3 is 2.59 bits per heavy atom. The molecule has 3 fully saturated rings. The molecule has 1 heterocycles. The van der Waals surface area contributed by atoms with Crippen molar-refractivity contribution in [2.24, 2.45) is 28.6 Å². The van der Waals surface area contributed by atoms with E-state index in [9.17, 15) is 20.1 Å². The molecule has 1 aromatic heterocycles. The molecule has 6 nitrogen and oxygen atoms in total. The summed E-state index contributed by atoms with van der Waals surface area (Å²) in [4.78, 5) is 16.9. The molecule has 0 radical (unpaired) electrons. The van der Waals surface area contributed by atoms with Crippen LogP contribution in [0.1, 0.15) is 110 Å². The number of esters is 1. The number of ether oxygens (including phenoxy) is 1. The fourth-order valence-electron chi connectivity index (χ4n) is 7.53. The van der Waals surface area contributed by atoms with Crippen molar-refractivity contribution in [1.82, 2.24) is 4.98 Å². The van der Waals surface area contributed by atoms with Crippen LogP contribution in [0.3, 0.4) is 0 Å². The van der Waals surface area contributed by atoms with Crippen molar-refractivity contribution in [1.29, 1.82) is 0 Å². The maximum Gasteiger partial charge on any atom is 0.314 e. The number of thiazole rings is 1. The van der Waals surface area contributed by atoms with Gasteiger partial charge in [-0.25, -0.2) is 4.98 Å². The van der Waals surface area contributed by atoms with Crippen LogP contribution in [-0.4, -0.2) is 38.5 Å². The van der Waals surface area contributed by atoms with Gasteiger partial charge in [0, 0.05) is 18.0 Å². The molecular weight excluding hydrogens is 510 g/mol. The minimum Gasteiger partial charge on any atom is -0.426 e. The zero-order valence-electron chi connectivity index (χ0n) is 24.5. The summed E-state index contributed by atoms with van der Waals surface area (Å²) >= 11 is 1.32. The van der Waals surface area contributed by atoms with E-state index >= 15 is 0 Å². The maximum absolute atomic E-state index is 12.7. The van der Waals surface area contributed by atoms with Crippen LogP contribution < -0.4 is 0 Å². The molecule has 3 aliphatic carbocycles. The summed E-state index contributed by atoms with van der Waals surface area (Å²) in [6.45, 7) is 10.2. The first-order valence-corrected chi connectivity index (χ1v) is 15.8. The van der Waals surface area contributed by atoms with Gasteiger partial charge in [-0.3, -0.25) is 4.79 Å². The van der Waals surface area contributed by atoms with Crippen molar-refractivity contribution in [2.75, 3.05) is 0 Å². The summed E-state index contributed by atoms with van der Waals surface area (Å²) in [5.74, 6) is -0.418. The summed E-state index contributed by atoms with van der Waals surface area (Å²) in [5.41, 5.74) is 2.25. The molecular formula is C32H49NO5S. The van der Waals surface area contributed by atoms with Gasteiger partial charge in [0.2, 0.25) is 0 Å². The Hall–Kier alpha value is -1.54. The SMILES string of the molecule is C[C@H](CCC[C@@](O)(OC(=O)C(C)(C)C)c1nccs1)[C@H]1CC[C@H]2/C(=C/C=C3C[C@@H](O)C[C@H](O)C3)CCC[C@]12C. The zero-order chi connectivity index (χ0) is 28.4. The lowest BCUT2D eigenvalue weighted by Crippen LogP contribution is -2.37. The highest BCUT2D eigenvalue weighted by atomic mass is 32.1. The van der Waals surface area contributed by atoms with Gasteiger partial charge in [0.1, 0.15) is 0 Å². The average Bonchev–Trinajstić information content (AvgIpc) is 3.50. The fourth-order valence-corrected chi connectivity index (χ4v) is 8.23. The van der Waals surface area contributed by atoms with Gasteiger partial charge in [0.05, 0.1) is 17.6 Å². The second-order valence-electron chi connectivity index (χ2n) is 13.7. The molecule has 3 aliphatic rings. The normalized spacial score (nSPS) is 32.9. The van der Waals surface area contributed by atoms with Crippen LogP contribution in [-0.2, 0) is 15.3 Å². The monoisotopic (exact) mass is 559 g/mol. The molecule has 7 heteroatoms. The number of hydrogen-bond donors (Lipinski definition) is 3. The predicted molar refractivity (Wildman–Crippen MR) is 155 cm³/mol. The number of carbonyl (C=O) groups excluding carboxylic acids is 1. The van der Waals surface area contributed by atoms with Crippen LogP contribution >= 0.6 is 11.3 Å². The number of aromatic nitrogens is 1. The molecule has 3 saturated carbocycles. The molecule has 0 bridgehead atoms. The second-order valence-corrected chi connectivity index (χ2v) is 14.6. The van der Waals surface area contributed by atoms with E-state index in [1.54, 1.807) is 32.3 Å². The van der Waals surface area contributed by atoms with Gasteiger partial charge in [-0.1, -0.05) is 43.6 Å². The lowest BCUT2D eigenvalue weighted by Gasteiger charge is -2.44. The highest BCUT2D eigenvalue weighted by Crippen LogP contribution is 2.60. The van der Waals surface area contributed by atoms with Gasteiger partial charge in [-0.2, -0.15) is 0 Å². The Balaban J connectivity index is 1.40. The third-order valence-corrected chi connectivity index (χ3v) is 10.5.